The lowest BCUT2D eigenvalue weighted by Gasteiger charge is -2.36. The Morgan fingerprint density at radius 2 is 2.00 bits per heavy atom. The largest absolute Gasteiger partial charge is 0.463 e. The zero-order valence-corrected chi connectivity index (χ0v) is 15.4. The molecule has 0 amide bonds. The van der Waals surface area contributed by atoms with E-state index in [1.807, 2.05) is 30.5 Å². The first-order valence-electron chi connectivity index (χ1n) is 9.22. The Balaban J connectivity index is 1.42. The molecule has 1 aliphatic rings. The van der Waals surface area contributed by atoms with Crippen LogP contribution in [-0.2, 0) is 11.2 Å². The smallest absolute Gasteiger partial charge is 0.373 e. The van der Waals surface area contributed by atoms with E-state index in [4.69, 9.17) is 9.15 Å². The molecule has 27 heavy (non-hydrogen) atoms. The molecule has 0 atom stereocenters. The fourth-order valence-electron chi connectivity index (χ4n) is 3.53. The highest BCUT2D eigenvalue weighted by Gasteiger charge is 2.21. The third-order valence-electron chi connectivity index (χ3n) is 5.03. The number of nitrogens with zero attached hydrogens (tertiary/aromatic N) is 3. The van der Waals surface area contributed by atoms with Gasteiger partial charge in [0.25, 0.3) is 0 Å². The number of ether oxygens (including phenoxy) is 1. The summed E-state index contributed by atoms with van der Waals surface area (Å²) in [5.74, 6) is -0.203. The van der Waals surface area contributed by atoms with Crippen LogP contribution in [0.4, 0.5) is 5.69 Å². The number of piperazine rings is 1. The average Bonchev–Trinajstić information content (AvgIpc) is 3.17. The molecular weight excluding hydrogens is 342 g/mol. The number of methoxy groups -OCH3 is 1. The summed E-state index contributed by atoms with van der Waals surface area (Å²) in [6.07, 6.45) is 2.82. The molecule has 1 saturated heterocycles. The van der Waals surface area contributed by atoms with Gasteiger partial charge in [-0.2, -0.15) is 0 Å². The highest BCUT2D eigenvalue weighted by Crippen LogP contribution is 2.30. The lowest BCUT2D eigenvalue weighted by Crippen LogP contribution is -2.47. The van der Waals surface area contributed by atoms with E-state index in [1.54, 1.807) is 6.07 Å². The first-order chi connectivity index (χ1) is 13.2. The zero-order valence-electron chi connectivity index (χ0n) is 15.4. The molecular formula is C21H23N3O3. The van der Waals surface area contributed by atoms with Gasteiger partial charge in [0.05, 0.1) is 12.8 Å². The van der Waals surface area contributed by atoms with Crippen LogP contribution in [0.15, 0.2) is 53.1 Å². The predicted octanol–water partition coefficient (Wildman–Crippen LogP) is 2.98. The summed E-state index contributed by atoms with van der Waals surface area (Å²) in [6.45, 7) is 4.86. The Morgan fingerprint density at radius 3 is 2.74 bits per heavy atom. The number of furan rings is 1. The molecule has 4 rings (SSSR count). The summed E-state index contributed by atoms with van der Waals surface area (Å²) in [5, 5.41) is 0.922. The molecule has 0 unspecified atom stereocenters. The number of esters is 1. The fourth-order valence-corrected chi connectivity index (χ4v) is 3.53. The van der Waals surface area contributed by atoms with Crippen molar-refractivity contribution in [2.24, 2.45) is 0 Å². The van der Waals surface area contributed by atoms with E-state index < -0.39 is 5.97 Å². The Labute approximate surface area is 158 Å². The van der Waals surface area contributed by atoms with Crippen molar-refractivity contribution in [1.29, 1.82) is 0 Å². The number of carbonyl (C=O) groups is 1. The number of carbonyl (C=O) groups excluding carboxylic acids is 1. The van der Waals surface area contributed by atoms with Crippen LogP contribution in [0, 0.1) is 0 Å². The maximum Gasteiger partial charge on any atom is 0.373 e. The maximum atomic E-state index is 11.8. The van der Waals surface area contributed by atoms with E-state index in [-0.39, 0.29) is 5.76 Å². The summed E-state index contributed by atoms with van der Waals surface area (Å²) >= 11 is 0. The molecule has 0 radical (unpaired) electrons. The van der Waals surface area contributed by atoms with Gasteiger partial charge in [0, 0.05) is 56.4 Å². The lowest BCUT2D eigenvalue weighted by molar-refractivity contribution is 0.0567. The average molecular weight is 365 g/mol. The maximum absolute atomic E-state index is 11.8. The Hall–Kier alpha value is -2.86. The third kappa shape index (κ3) is 3.80. The van der Waals surface area contributed by atoms with Gasteiger partial charge in [-0.1, -0.05) is 18.2 Å². The summed E-state index contributed by atoms with van der Waals surface area (Å²) in [6, 6.07) is 13.8. The number of hydrogen-bond donors (Lipinski definition) is 0. The SMILES string of the molecule is COC(=O)c1cc2cccc(N3CCN(CCc4ccccn4)CC3)c2o1. The molecule has 0 spiro atoms. The number of aromatic nitrogens is 1. The minimum atomic E-state index is -0.448. The second-order valence-corrected chi connectivity index (χ2v) is 6.70. The van der Waals surface area contributed by atoms with Gasteiger partial charge in [0.2, 0.25) is 5.76 Å². The quantitative estimate of drug-likeness (QED) is 0.648. The molecule has 0 saturated carbocycles. The van der Waals surface area contributed by atoms with Crippen molar-refractivity contribution >= 4 is 22.6 Å². The van der Waals surface area contributed by atoms with Crippen LogP contribution in [0.2, 0.25) is 0 Å². The van der Waals surface area contributed by atoms with Gasteiger partial charge < -0.3 is 14.1 Å². The standard InChI is InChI=1S/C21H23N3O3/c1-26-21(25)19-15-16-5-4-7-18(20(16)27-19)24-13-11-23(12-14-24)10-8-17-6-2-3-9-22-17/h2-7,9,15H,8,10-14H2,1H3. The number of fused-ring (bicyclic) bond motifs is 1. The normalized spacial score (nSPS) is 15.2. The predicted molar refractivity (Wildman–Crippen MR) is 104 cm³/mol. The third-order valence-corrected chi connectivity index (χ3v) is 5.03. The van der Waals surface area contributed by atoms with E-state index in [1.165, 1.54) is 7.11 Å². The van der Waals surface area contributed by atoms with Gasteiger partial charge in [-0.05, 0) is 24.3 Å². The van der Waals surface area contributed by atoms with Crippen LogP contribution in [0.3, 0.4) is 0 Å². The molecule has 0 N–H and O–H groups in total. The first kappa shape index (κ1) is 17.5. The molecule has 6 heteroatoms. The molecule has 3 aromatic rings. The lowest BCUT2D eigenvalue weighted by atomic mass is 10.2. The number of pyridine rings is 1. The summed E-state index contributed by atoms with van der Waals surface area (Å²) < 4.78 is 10.6. The van der Waals surface area contributed by atoms with Crippen molar-refractivity contribution in [3.8, 4) is 0 Å². The summed E-state index contributed by atoms with van der Waals surface area (Å²) in [4.78, 5) is 20.9. The van der Waals surface area contributed by atoms with Gasteiger partial charge >= 0.3 is 5.97 Å². The molecule has 1 aromatic carbocycles. The van der Waals surface area contributed by atoms with Crippen molar-refractivity contribution in [2.45, 2.75) is 6.42 Å². The molecule has 140 valence electrons. The Bertz CT molecular complexity index is 915. The highest BCUT2D eigenvalue weighted by molar-refractivity contribution is 5.96. The second kappa shape index (κ2) is 7.80. The number of benzene rings is 1. The molecule has 0 bridgehead atoms. The molecule has 6 nitrogen and oxygen atoms in total. The van der Waals surface area contributed by atoms with Gasteiger partial charge in [0.1, 0.15) is 0 Å². The molecule has 2 aromatic heterocycles. The van der Waals surface area contributed by atoms with Gasteiger partial charge in [0.15, 0.2) is 5.58 Å². The van der Waals surface area contributed by atoms with Crippen molar-refractivity contribution in [3.63, 3.8) is 0 Å². The van der Waals surface area contributed by atoms with E-state index in [2.05, 4.69) is 26.9 Å². The number of hydrogen-bond acceptors (Lipinski definition) is 6. The van der Waals surface area contributed by atoms with Crippen LogP contribution in [-0.4, -0.2) is 55.7 Å². The van der Waals surface area contributed by atoms with Gasteiger partial charge in [-0.15, -0.1) is 0 Å². The van der Waals surface area contributed by atoms with Crippen molar-refractivity contribution < 1.29 is 13.9 Å². The van der Waals surface area contributed by atoms with E-state index in [0.717, 1.165) is 61.5 Å². The monoisotopic (exact) mass is 365 g/mol. The van der Waals surface area contributed by atoms with E-state index in [0.29, 0.717) is 0 Å². The Morgan fingerprint density at radius 1 is 1.15 bits per heavy atom. The molecule has 0 aliphatic carbocycles. The zero-order chi connectivity index (χ0) is 18.6. The fraction of sp³-hybridized carbons (Fsp3) is 0.333. The van der Waals surface area contributed by atoms with E-state index in [9.17, 15) is 4.79 Å². The topological polar surface area (TPSA) is 58.8 Å². The van der Waals surface area contributed by atoms with Crippen LogP contribution in [0.5, 0.6) is 0 Å². The van der Waals surface area contributed by atoms with Crippen molar-refractivity contribution in [1.82, 2.24) is 9.88 Å². The second-order valence-electron chi connectivity index (χ2n) is 6.70. The highest BCUT2D eigenvalue weighted by atomic mass is 16.5. The van der Waals surface area contributed by atoms with Crippen LogP contribution in [0.1, 0.15) is 16.2 Å². The van der Waals surface area contributed by atoms with Gasteiger partial charge in [-0.3, -0.25) is 9.88 Å². The van der Waals surface area contributed by atoms with Crippen molar-refractivity contribution in [2.75, 3.05) is 44.7 Å². The van der Waals surface area contributed by atoms with E-state index >= 15 is 0 Å². The van der Waals surface area contributed by atoms with Gasteiger partial charge in [-0.25, -0.2) is 4.79 Å². The minimum absolute atomic E-state index is 0.244. The van der Waals surface area contributed by atoms with Crippen LogP contribution in [0.25, 0.3) is 11.0 Å². The van der Waals surface area contributed by atoms with Crippen LogP contribution < -0.4 is 4.90 Å². The van der Waals surface area contributed by atoms with Crippen molar-refractivity contribution in [3.05, 3.63) is 60.1 Å². The molecule has 1 fully saturated rings. The molecule has 1 aliphatic heterocycles. The first-order valence-corrected chi connectivity index (χ1v) is 9.22. The molecule has 3 heterocycles. The number of anilines is 1. The Kier molecular flexibility index (Phi) is 5.07. The summed E-state index contributed by atoms with van der Waals surface area (Å²) in [7, 11) is 1.36. The number of rotatable bonds is 5. The number of para-hydroxylation sites is 1. The summed E-state index contributed by atoms with van der Waals surface area (Å²) in [5.41, 5.74) is 2.92. The minimum Gasteiger partial charge on any atom is -0.463 e. The van der Waals surface area contributed by atoms with Crippen LogP contribution >= 0.6 is 0 Å².